The Kier molecular flexibility index (Phi) is 4.16. The van der Waals surface area contributed by atoms with Gasteiger partial charge in [0.1, 0.15) is 5.82 Å². The van der Waals surface area contributed by atoms with E-state index in [2.05, 4.69) is 80.6 Å². The van der Waals surface area contributed by atoms with Crippen molar-refractivity contribution in [2.45, 2.75) is 58.4 Å². The second kappa shape index (κ2) is 5.45. The van der Waals surface area contributed by atoms with Gasteiger partial charge in [0.25, 0.3) is 0 Å². The van der Waals surface area contributed by atoms with Gasteiger partial charge in [-0.2, -0.15) is 0 Å². The highest BCUT2D eigenvalue weighted by atomic mass is 35.5. The number of alkyl halides is 1. The molecule has 114 valence electrons. The minimum atomic E-state index is -0.105. The topological polar surface area (TPSA) is 30.7 Å². The lowest BCUT2D eigenvalue weighted by molar-refractivity contribution is 0.390. The predicted octanol–water partition coefficient (Wildman–Crippen LogP) is 4.74. The molecule has 21 heavy (non-hydrogen) atoms. The highest BCUT2D eigenvalue weighted by Crippen LogP contribution is 2.29. The maximum absolute atomic E-state index is 6.00. The predicted molar refractivity (Wildman–Crippen MR) is 88.7 cm³/mol. The van der Waals surface area contributed by atoms with E-state index in [1.165, 1.54) is 5.56 Å². The molecule has 0 N–H and O–H groups in total. The van der Waals surface area contributed by atoms with Crippen molar-refractivity contribution in [3.8, 4) is 11.4 Å². The molecule has 2 rings (SSSR count). The Morgan fingerprint density at radius 1 is 0.952 bits per heavy atom. The molecule has 0 unspecified atom stereocenters. The standard InChI is InChI=1S/C17H24ClN3/c1-16(2,3)13-9-7-12(8-10-13)15-20-19-14(11-18)21(15)17(4,5)6/h7-10H,11H2,1-6H3. The average molecular weight is 306 g/mol. The molecule has 0 fully saturated rings. The first-order valence-corrected chi connectivity index (χ1v) is 7.79. The molecule has 1 heterocycles. The van der Waals surface area contributed by atoms with E-state index in [9.17, 15) is 0 Å². The monoisotopic (exact) mass is 305 g/mol. The van der Waals surface area contributed by atoms with Gasteiger partial charge in [-0.05, 0) is 31.7 Å². The molecule has 0 aliphatic rings. The highest BCUT2D eigenvalue weighted by Gasteiger charge is 2.23. The Labute approximate surface area is 132 Å². The molecule has 0 aliphatic heterocycles. The van der Waals surface area contributed by atoms with Gasteiger partial charge in [-0.1, -0.05) is 45.0 Å². The first-order chi connectivity index (χ1) is 9.64. The summed E-state index contributed by atoms with van der Waals surface area (Å²) < 4.78 is 2.12. The van der Waals surface area contributed by atoms with Crippen LogP contribution in [0, 0.1) is 0 Å². The zero-order valence-corrected chi connectivity index (χ0v) is 14.5. The molecule has 0 saturated heterocycles. The molecule has 0 amide bonds. The van der Waals surface area contributed by atoms with Gasteiger partial charge in [-0.15, -0.1) is 21.8 Å². The van der Waals surface area contributed by atoms with Crippen LogP contribution in [0.1, 0.15) is 52.9 Å². The summed E-state index contributed by atoms with van der Waals surface area (Å²) in [7, 11) is 0. The van der Waals surface area contributed by atoms with Crippen LogP contribution in [-0.2, 0) is 16.8 Å². The van der Waals surface area contributed by atoms with Crippen molar-refractivity contribution < 1.29 is 0 Å². The molecule has 0 radical (unpaired) electrons. The minimum Gasteiger partial charge on any atom is -0.305 e. The highest BCUT2D eigenvalue weighted by molar-refractivity contribution is 6.16. The third-order valence-electron chi connectivity index (χ3n) is 3.53. The van der Waals surface area contributed by atoms with Crippen LogP contribution in [0.3, 0.4) is 0 Å². The number of aromatic nitrogens is 3. The number of hydrogen-bond donors (Lipinski definition) is 0. The average Bonchev–Trinajstić information content (AvgIpc) is 2.81. The summed E-state index contributed by atoms with van der Waals surface area (Å²) in [6.45, 7) is 13.1. The van der Waals surface area contributed by atoms with Crippen molar-refractivity contribution in [2.24, 2.45) is 0 Å². The van der Waals surface area contributed by atoms with Crippen molar-refractivity contribution in [3.05, 3.63) is 35.7 Å². The lowest BCUT2D eigenvalue weighted by Crippen LogP contribution is -2.24. The van der Waals surface area contributed by atoms with E-state index < -0.39 is 0 Å². The van der Waals surface area contributed by atoms with E-state index >= 15 is 0 Å². The van der Waals surface area contributed by atoms with Gasteiger partial charge in [-0.3, -0.25) is 0 Å². The third kappa shape index (κ3) is 3.29. The maximum Gasteiger partial charge on any atom is 0.164 e. The first-order valence-electron chi connectivity index (χ1n) is 7.26. The Morgan fingerprint density at radius 2 is 1.52 bits per heavy atom. The van der Waals surface area contributed by atoms with Crippen molar-refractivity contribution in [1.29, 1.82) is 0 Å². The molecule has 0 saturated carbocycles. The van der Waals surface area contributed by atoms with Crippen LogP contribution < -0.4 is 0 Å². The summed E-state index contributed by atoms with van der Waals surface area (Å²) in [6, 6.07) is 8.56. The van der Waals surface area contributed by atoms with Crippen molar-refractivity contribution in [3.63, 3.8) is 0 Å². The molecule has 2 aromatic rings. The minimum absolute atomic E-state index is 0.105. The van der Waals surface area contributed by atoms with Crippen LogP contribution in [-0.4, -0.2) is 14.8 Å². The molecular formula is C17H24ClN3. The number of rotatable bonds is 2. The Bertz CT molecular complexity index is 613. The molecular weight excluding hydrogens is 282 g/mol. The summed E-state index contributed by atoms with van der Waals surface area (Å²) in [4.78, 5) is 0. The summed E-state index contributed by atoms with van der Waals surface area (Å²) in [6.07, 6.45) is 0. The first kappa shape index (κ1) is 16.0. The second-order valence-corrected chi connectivity index (χ2v) is 7.67. The zero-order valence-electron chi connectivity index (χ0n) is 13.7. The fraction of sp³-hybridized carbons (Fsp3) is 0.529. The van der Waals surface area contributed by atoms with Gasteiger partial charge >= 0.3 is 0 Å². The van der Waals surface area contributed by atoms with Gasteiger partial charge in [0.15, 0.2) is 5.82 Å². The Morgan fingerprint density at radius 3 is 1.95 bits per heavy atom. The summed E-state index contributed by atoms with van der Waals surface area (Å²) in [5.74, 6) is 2.04. The van der Waals surface area contributed by atoms with Crippen molar-refractivity contribution in [1.82, 2.24) is 14.8 Å². The van der Waals surface area contributed by atoms with E-state index in [-0.39, 0.29) is 11.0 Å². The molecule has 4 heteroatoms. The number of halogens is 1. The van der Waals surface area contributed by atoms with E-state index in [1.807, 2.05) is 0 Å². The van der Waals surface area contributed by atoms with Crippen LogP contribution in [0.4, 0.5) is 0 Å². The van der Waals surface area contributed by atoms with E-state index in [4.69, 9.17) is 11.6 Å². The Balaban J connectivity index is 2.50. The summed E-state index contributed by atoms with van der Waals surface area (Å²) in [5.41, 5.74) is 2.43. The quantitative estimate of drug-likeness (QED) is 0.751. The van der Waals surface area contributed by atoms with Crippen molar-refractivity contribution in [2.75, 3.05) is 0 Å². The van der Waals surface area contributed by atoms with Crippen LogP contribution in [0.15, 0.2) is 24.3 Å². The van der Waals surface area contributed by atoms with Crippen LogP contribution in [0.5, 0.6) is 0 Å². The lowest BCUT2D eigenvalue weighted by atomic mass is 9.86. The van der Waals surface area contributed by atoms with Crippen molar-refractivity contribution >= 4 is 11.6 Å². The molecule has 0 spiro atoms. The largest absolute Gasteiger partial charge is 0.305 e. The SMILES string of the molecule is CC(C)(C)c1ccc(-c2nnc(CCl)n2C(C)(C)C)cc1. The molecule has 0 bridgehead atoms. The summed E-state index contributed by atoms with van der Waals surface area (Å²) >= 11 is 6.00. The van der Waals surface area contributed by atoms with E-state index in [0.29, 0.717) is 5.88 Å². The number of hydrogen-bond acceptors (Lipinski definition) is 2. The van der Waals surface area contributed by atoms with Gasteiger partial charge in [-0.25, -0.2) is 0 Å². The van der Waals surface area contributed by atoms with E-state index in [1.54, 1.807) is 0 Å². The second-order valence-electron chi connectivity index (χ2n) is 7.41. The van der Waals surface area contributed by atoms with E-state index in [0.717, 1.165) is 17.2 Å². The molecule has 1 aromatic carbocycles. The fourth-order valence-electron chi connectivity index (χ4n) is 2.41. The number of benzene rings is 1. The van der Waals surface area contributed by atoms with Gasteiger partial charge < -0.3 is 4.57 Å². The summed E-state index contributed by atoms with van der Waals surface area (Å²) in [5, 5.41) is 8.57. The molecule has 3 nitrogen and oxygen atoms in total. The van der Waals surface area contributed by atoms with Gasteiger partial charge in [0, 0.05) is 11.1 Å². The van der Waals surface area contributed by atoms with Gasteiger partial charge in [0.2, 0.25) is 0 Å². The zero-order chi connectivity index (χ0) is 15.8. The fourth-order valence-corrected chi connectivity index (χ4v) is 2.59. The van der Waals surface area contributed by atoms with Crippen LogP contribution in [0.2, 0.25) is 0 Å². The normalized spacial score (nSPS) is 12.7. The molecule has 0 aliphatic carbocycles. The van der Waals surface area contributed by atoms with Crippen LogP contribution >= 0.6 is 11.6 Å². The Hall–Kier alpha value is -1.35. The van der Waals surface area contributed by atoms with Gasteiger partial charge in [0.05, 0.1) is 5.88 Å². The molecule has 0 atom stereocenters. The van der Waals surface area contributed by atoms with Crippen LogP contribution in [0.25, 0.3) is 11.4 Å². The molecule has 1 aromatic heterocycles. The third-order valence-corrected chi connectivity index (χ3v) is 3.77. The lowest BCUT2D eigenvalue weighted by Gasteiger charge is -2.25. The number of nitrogens with zero attached hydrogens (tertiary/aromatic N) is 3. The maximum atomic E-state index is 6.00. The smallest absolute Gasteiger partial charge is 0.164 e.